The smallest absolute Gasteiger partial charge is 0.407 e. The van der Waals surface area contributed by atoms with Gasteiger partial charge in [-0.2, -0.15) is 13.2 Å². The van der Waals surface area contributed by atoms with Crippen LogP contribution in [-0.4, -0.2) is 36.6 Å². The van der Waals surface area contributed by atoms with Crippen LogP contribution in [0, 0.1) is 6.92 Å². The molecular formula is C13H10F3N3O4S. The van der Waals surface area contributed by atoms with Crippen molar-refractivity contribution in [1.29, 1.82) is 0 Å². The van der Waals surface area contributed by atoms with Crippen molar-refractivity contribution in [3.05, 3.63) is 41.1 Å². The summed E-state index contributed by atoms with van der Waals surface area (Å²) in [7, 11) is -4.73. The lowest BCUT2D eigenvalue weighted by molar-refractivity contribution is -0.117. The minimum absolute atomic E-state index is 0.0281. The van der Waals surface area contributed by atoms with Gasteiger partial charge in [0.2, 0.25) is 5.82 Å². The quantitative estimate of drug-likeness (QED) is 0.883. The van der Waals surface area contributed by atoms with Crippen LogP contribution >= 0.6 is 0 Å². The highest BCUT2D eigenvalue weighted by atomic mass is 32.2. The molecule has 1 N–H and O–H groups in total. The summed E-state index contributed by atoms with van der Waals surface area (Å²) in [6.45, 7) is -0.255. The Balaban J connectivity index is 2.29. The standard InChI is InChI=1S/C13H10F3N3O4S/c1-7-4-2-3-5-8(7)11-10(20)9-12(18-23-17-9)19(24(11,21)22)6-13(14,15)16/h2-5,20H,6H2,1H3. The predicted octanol–water partition coefficient (Wildman–Crippen LogP) is 2.47. The average molecular weight is 361 g/mol. The molecular weight excluding hydrogens is 351 g/mol. The van der Waals surface area contributed by atoms with Crippen molar-refractivity contribution in [1.82, 2.24) is 10.3 Å². The highest BCUT2D eigenvalue weighted by Crippen LogP contribution is 2.42. The second kappa shape index (κ2) is 5.23. The van der Waals surface area contributed by atoms with E-state index in [1.165, 1.54) is 12.1 Å². The average Bonchev–Trinajstić information content (AvgIpc) is 2.94. The summed E-state index contributed by atoms with van der Waals surface area (Å²) >= 11 is 0. The van der Waals surface area contributed by atoms with Crippen molar-refractivity contribution in [2.75, 3.05) is 10.8 Å². The van der Waals surface area contributed by atoms with Gasteiger partial charge in [0.25, 0.3) is 10.0 Å². The molecule has 1 aromatic carbocycles. The highest BCUT2D eigenvalue weighted by Gasteiger charge is 2.47. The number of aromatic nitrogens is 2. The molecule has 0 unspecified atom stereocenters. The summed E-state index contributed by atoms with van der Waals surface area (Å²) in [4.78, 5) is -0.673. The molecule has 2 heterocycles. The molecule has 7 nitrogen and oxygen atoms in total. The molecule has 0 saturated carbocycles. The zero-order valence-corrected chi connectivity index (χ0v) is 12.9. The minimum Gasteiger partial charge on any atom is -0.504 e. The van der Waals surface area contributed by atoms with E-state index in [0.717, 1.165) is 0 Å². The number of benzene rings is 1. The molecule has 0 bridgehead atoms. The monoisotopic (exact) mass is 361 g/mol. The molecule has 0 fully saturated rings. The molecule has 24 heavy (non-hydrogen) atoms. The molecule has 0 atom stereocenters. The van der Waals surface area contributed by atoms with Crippen molar-refractivity contribution >= 4 is 26.5 Å². The van der Waals surface area contributed by atoms with E-state index in [1.807, 2.05) is 0 Å². The Labute approximate surface area is 134 Å². The summed E-state index contributed by atoms with van der Waals surface area (Å²) in [6, 6.07) is 6.07. The van der Waals surface area contributed by atoms with Crippen LogP contribution in [0.3, 0.4) is 0 Å². The first-order valence-corrected chi connectivity index (χ1v) is 7.98. The molecule has 128 valence electrons. The van der Waals surface area contributed by atoms with Gasteiger partial charge in [0.1, 0.15) is 11.4 Å². The van der Waals surface area contributed by atoms with Gasteiger partial charge >= 0.3 is 6.18 Å². The molecule has 1 aromatic heterocycles. The Morgan fingerprint density at radius 3 is 2.54 bits per heavy atom. The van der Waals surface area contributed by atoms with Crippen molar-refractivity contribution in [2.45, 2.75) is 13.1 Å². The van der Waals surface area contributed by atoms with Crippen LogP contribution < -0.4 is 4.31 Å². The normalized spacial score (nSPS) is 17.1. The van der Waals surface area contributed by atoms with Crippen molar-refractivity contribution in [3.8, 4) is 0 Å². The largest absolute Gasteiger partial charge is 0.504 e. The van der Waals surface area contributed by atoms with Crippen LogP contribution in [0.4, 0.5) is 19.0 Å². The van der Waals surface area contributed by atoms with Crippen LogP contribution in [0.25, 0.3) is 10.7 Å². The maximum absolute atomic E-state index is 12.8. The Morgan fingerprint density at radius 1 is 1.25 bits per heavy atom. The minimum atomic E-state index is -4.83. The summed E-state index contributed by atoms with van der Waals surface area (Å²) < 4.78 is 68.3. The van der Waals surface area contributed by atoms with Gasteiger partial charge in [0, 0.05) is 5.56 Å². The van der Waals surface area contributed by atoms with Gasteiger partial charge in [-0.15, -0.1) is 0 Å². The number of aliphatic hydroxyl groups excluding tert-OH is 1. The van der Waals surface area contributed by atoms with Crippen LogP contribution in [-0.2, 0) is 10.0 Å². The van der Waals surface area contributed by atoms with Crippen LogP contribution in [0.1, 0.15) is 16.8 Å². The van der Waals surface area contributed by atoms with E-state index < -0.39 is 44.9 Å². The lowest BCUT2D eigenvalue weighted by Crippen LogP contribution is -2.42. The van der Waals surface area contributed by atoms with Crippen LogP contribution in [0.15, 0.2) is 28.9 Å². The van der Waals surface area contributed by atoms with Crippen LogP contribution in [0.2, 0.25) is 0 Å². The highest BCUT2D eigenvalue weighted by molar-refractivity contribution is 8.02. The van der Waals surface area contributed by atoms with E-state index in [-0.39, 0.29) is 9.87 Å². The Hall–Kier alpha value is -2.56. The number of alkyl halides is 3. The topological polar surface area (TPSA) is 96.5 Å². The molecule has 0 aliphatic carbocycles. The molecule has 11 heteroatoms. The Morgan fingerprint density at radius 2 is 1.92 bits per heavy atom. The molecule has 3 rings (SSSR count). The van der Waals surface area contributed by atoms with Crippen molar-refractivity contribution in [3.63, 3.8) is 0 Å². The second-order valence-electron chi connectivity index (χ2n) is 5.06. The first-order valence-electron chi connectivity index (χ1n) is 6.54. The fraction of sp³-hybridized carbons (Fsp3) is 0.231. The number of hydrogen-bond donors (Lipinski definition) is 1. The maximum Gasteiger partial charge on any atom is 0.407 e. The summed E-state index contributed by atoms with van der Waals surface area (Å²) in [5.41, 5.74) is 0.0534. The number of fused-ring (bicyclic) bond motifs is 1. The summed E-state index contributed by atoms with van der Waals surface area (Å²) in [5, 5.41) is 16.8. The SMILES string of the molecule is Cc1ccccc1C1=C(O)c2nonc2N(CC(F)(F)F)S1(=O)=O. The molecule has 1 aliphatic heterocycles. The third-order valence-corrected chi connectivity index (χ3v) is 5.22. The van der Waals surface area contributed by atoms with E-state index in [0.29, 0.717) is 5.56 Å². The molecule has 2 aromatic rings. The fourth-order valence-electron chi connectivity index (χ4n) is 2.37. The van der Waals surface area contributed by atoms with Gasteiger partial charge in [-0.25, -0.2) is 17.4 Å². The number of sulfonamides is 1. The van der Waals surface area contributed by atoms with E-state index >= 15 is 0 Å². The predicted molar refractivity (Wildman–Crippen MR) is 77.2 cm³/mol. The number of halogens is 3. The maximum atomic E-state index is 12.8. The molecule has 1 aliphatic rings. The van der Waals surface area contributed by atoms with Crippen LogP contribution in [0.5, 0.6) is 0 Å². The van der Waals surface area contributed by atoms with E-state index in [1.54, 1.807) is 19.1 Å². The van der Waals surface area contributed by atoms with Gasteiger partial charge in [0.15, 0.2) is 11.5 Å². The zero-order chi connectivity index (χ0) is 17.7. The van der Waals surface area contributed by atoms with Gasteiger partial charge < -0.3 is 5.11 Å². The Bertz CT molecular complexity index is 934. The molecule has 0 spiro atoms. The second-order valence-corrected chi connectivity index (χ2v) is 6.86. The zero-order valence-electron chi connectivity index (χ0n) is 12.1. The Kier molecular flexibility index (Phi) is 3.55. The third-order valence-electron chi connectivity index (χ3n) is 3.41. The lowest BCUT2D eigenvalue weighted by Gasteiger charge is -2.28. The molecule has 0 radical (unpaired) electrons. The molecule has 0 amide bonds. The number of anilines is 1. The van der Waals surface area contributed by atoms with E-state index in [9.17, 15) is 26.7 Å². The lowest BCUT2D eigenvalue weighted by atomic mass is 10.1. The number of rotatable bonds is 2. The first kappa shape index (κ1) is 16.3. The number of aliphatic hydroxyl groups is 1. The fourth-order valence-corrected chi connectivity index (χ4v) is 4.10. The van der Waals surface area contributed by atoms with Gasteiger partial charge in [-0.1, -0.05) is 24.3 Å². The summed E-state index contributed by atoms with van der Waals surface area (Å²) in [5.74, 6) is -1.51. The van der Waals surface area contributed by atoms with Crippen molar-refractivity contribution < 1.29 is 31.3 Å². The molecule has 0 saturated heterocycles. The van der Waals surface area contributed by atoms with Gasteiger partial charge in [-0.3, -0.25) is 0 Å². The van der Waals surface area contributed by atoms with E-state index in [4.69, 9.17) is 0 Å². The van der Waals surface area contributed by atoms with Crippen molar-refractivity contribution in [2.24, 2.45) is 0 Å². The third kappa shape index (κ3) is 2.50. The first-order chi connectivity index (χ1) is 11.1. The van der Waals surface area contributed by atoms with E-state index in [2.05, 4.69) is 14.9 Å². The van der Waals surface area contributed by atoms with Gasteiger partial charge in [0.05, 0.1) is 0 Å². The van der Waals surface area contributed by atoms with Gasteiger partial charge in [-0.05, 0) is 22.8 Å². The summed E-state index contributed by atoms with van der Waals surface area (Å²) in [6.07, 6.45) is -4.83. The number of hydrogen-bond acceptors (Lipinski definition) is 6. The number of nitrogens with zero attached hydrogens (tertiary/aromatic N) is 3. The number of aryl methyl sites for hydroxylation is 1.